The van der Waals surface area contributed by atoms with Gasteiger partial charge in [0.2, 0.25) is 11.8 Å². The van der Waals surface area contributed by atoms with Crippen molar-refractivity contribution in [3.8, 4) is 11.5 Å². The summed E-state index contributed by atoms with van der Waals surface area (Å²) < 4.78 is 5.72. The van der Waals surface area contributed by atoms with Crippen molar-refractivity contribution in [2.45, 2.75) is 26.2 Å². The fraction of sp³-hybridized carbons (Fsp3) is 0.261. The summed E-state index contributed by atoms with van der Waals surface area (Å²) in [6.07, 6.45) is 2.20. The molecule has 3 aromatic rings. The molecule has 1 fully saturated rings. The van der Waals surface area contributed by atoms with E-state index in [-0.39, 0.29) is 18.2 Å². The summed E-state index contributed by atoms with van der Waals surface area (Å²) in [5.74, 6) is 0.936. The lowest BCUT2D eigenvalue weighted by Gasteiger charge is -2.15. The molecule has 0 radical (unpaired) electrons. The molecule has 1 aliphatic rings. The fourth-order valence-electron chi connectivity index (χ4n) is 3.49. The lowest BCUT2D eigenvalue weighted by atomic mass is 10.1. The largest absolute Gasteiger partial charge is 0.441 e. The number of nitrogens with one attached hydrogen (secondary N) is 1. The number of hydrogen-bond acceptors (Lipinski definition) is 4. The van der Waals surface area contributed by atoms with Crippen molar-refractivity contribution in [2.75, 3.05) is 18.4 Å². The van der Waals surface area contributed by atoms with Crippen molar-refractivity contribution in [3.05, 3.63) is 71.6 Å². The number of aromatic nitrogens is 1. The van der Waals surface area contributed by atoms with E-state index in [0.29, 0.717) is 28.6 Å². The Morgan fingerprint density at radius 1 is 1.07 bits per heavy atom. The van der Waals surface area contributed by atoms with Gasteiger partial charge < -0.3 is 14.6 Å². The predicted octanol–water partition coefficient (Wildman–Crippen LogP) is 4.07. The van der Waals surface area contributed by atoms with Crippen LogP contribution < -0.4 is 5.32 Å². The second-order valence-corrected chi connectivity index (χ2v) is 7.19. The highest BCUT2D eigenvalue weighted by atomic mass is 16.4. The van der Waals surface area contributed by atoms with Crippen LogP contribution in [0.25, 0.3) is 11.5 Å². The molecule has 0 aliphatic carbocycles. The van der Waals surface area contributed by atoms with E-state index in [0.717, 1.165) is 31.5 Å². The maximum atomic E-state index is 12.5. The number of carbonyl (C=O) groups excluding carboxylic acids is 2. The highest BCUT2D eigenvalue weighted by molar-refractivity contribution is 5.97. The van der Waals surface area contributed by atoms with Crippen LogP contribution in [0.2, 0.25) is 0 Å². The number of anilines is 1. The van der Waals surface area contributed by atoms with Gasteiger partial charge in [0.25, 0.3) is 5.91 Å². The Morgan fingerprint density at radius 3 is 2.59 bits per heavy atom. The number of likely N-dealkylation sites (tertiary alicyclic amines) is 1. The molecule has 0 saturated carbocycles. The summed E-state index contributed by atoms with van der Waals surface area (Å²) in [7, 11) is 0. The third-order valence-corrected chi connectivity index (χ3v) is 5.03. The lowest BCUT2D eigenvalue weighted by molar-refractivity contribution is -0.115. The molecule has 148 valence electrons. The first-order valence-electron chi connectivity index (χ1n) is 9.81. The lowest BCUT2D eigenvalue weighted by Crippen LogP contribution is -2.27. The topological polar surface area (TPSA) is 75.4 Å². The number of nitrogens with zero attached hydrogens (tertiary/aromatic N) is 2. The first kappa shape index (κ1) is 18.9. The molecule has 0 unspecified atom stereocenters. The molecule has 1 aliphatic heterocycles. The molecule has 1 saturated heterocycles. The van der Waals surface area contributed by atoms with Crippen molar-refractivity contribution < 1.29 is 14.0 Å². The van der Waals surface area contributed by atoms with Crippen LogP contribution in [0.5, 0.6) is 0 Å². The van der Waals surface area contributed by atoms with E-state index in [1.165, 1.54) is 0 Å². The van der Waals surface area contributed by atoms with Crippen molar-refractivity contribution >= 4 is 17.5 Å². The van der Waals surface area contributed by atoms with Crippen LogP contribution in [0, 0.1) is 6.92 Å². The van der Waals surface area contributed by atoms with Crippen LogP contribution in [-0.2, 0) is 11.2 Å². The summed E-state index contributed by atoms with van der Waals surface area (Å²) in [4.78, 5) is 31.4. The minimum Gasteiger partial charge on any atom is -0.441 e. The molecule has 2 aromatic carbocycles. The van der Waals surface area contributed by atoms with E-state index in [4.69, 9.17) is 4.42 Å². The Balaban J connectivity index is 1.43. The van der Waals surface area contributed by atoms with Gasteiger partial charge in [0, 0.05) is 29.9 Å². The van der Waals surface area contributed by atoms with Gasteiger partial charge in [-0.25, -0.2) is 4.98 Å². The zero-order chi connectivity index (χ0) is 20.2. The number of hydrogen-bond donors (Lipinski definition) is 1. The standard InChI is InChI=1S/C23H23N3O3/c1-16-20(25-22(29-16)17-8-3-2-4-9-17)15-21(27)24-19-11-7-10-18(14-19)23(28)26-12-5-6-13-26/h2-4,7-11,14H,5-6,12-13,15H2,1H3,(H,24,27). The Morgan fingerprint density at radius 2 is 1.83 bits per heavy atom. The van der Waals surface area contributed by atoms with E-state index in [9.17, 15) is 9.59 Å². The smallest absolute Gasteiger partial charge is 0.253 e. The number of benzene rings is 2. The quantitative estimate of drug-likeness (QED) is 0.714. The third-order valence-electron chi connectivity index (χ3n) is 5.03. The molecule has 2 heterocycles. The van der Waals surface area contributed by atoms with Crippen molar-refractivity contribution in [1.82, 2.24) is 9.88 Å². The summed E-state index contributed by atoms with van der Waals surface area (Å²) in [6, 6.07) is 16.7. The monoisotopic (exact) mass is 389 g/mol. The molecule has 0 atom stereocenters. The van der Waals surface area contributed by atoms with Crippen LogP contribution in [-0.4, -0.2) is 34.8 Å². The van der Waals surface area contributed by atoms with Crippen LogP contribution in [0.4, 0.5) is 5.69 Å². The van der Waals surface area contributed by atoms with Gasteiger partial charge >= 0.3 is 0 Å². The SMILES string of the molecule is Cc1oc(-c2ccccc2)nc1CC(=O)Nc1cccc(C(=O)N2CCCC2)c1. The molecule has 6 heteroatoms. The van der Waals surface area contributed by atoms with Crippen molar-refractivity contribution in [2.24, 2.45) is 0 Å². The molecule has 29 heavy (non-hydrogen) atoms. The first-order chi connectivity index (χ1) is 14.1. The number of amides is 2. The van der Waals surface area contributed by atoms with Crippen molar-refractivity contribution in [1.29, 1.82) is 0 Å². The fourth-order valence-corrected chi connectivity index (χ4v) is 3.49. The van der Waals surface area contributed by atoms with Crippen LogP contribution in [0.3, 0.4) is 0 Å². The minimum absolute atomic E-state index is 0.0125. The van der Waals surface area contributed by atoms with Crippen LogP contribution >= 0.6 is 0 Å². The molecule has 1 N–H and O–H groups in total. The Hall–Kier alpha value is -3.41. The highest BCUT2D eigenvalue weighted by Gasteiger charge is 2.20. The average Bonchev–Trinajstić information content (AvgIpc) is 3.39. The molecular formula is C23H23N3O3. The van der Waals surface area contributed by atoms with Gasteiger partial charge in [-0.2, -0.15) is 0 Å². The molecule has 2 amide bonds. The van der Waals surface area contributed by atoms with Gasteiger partial charge in [0.05, 0.1) is 12.1 Å². The summed E-state index contributed by atoms with van der Waals surface area (Å²) in [5.41, 5.74) is 2.67. The predicted molar refractivity (Wildman–Crippen MR) is 111 cm³/mol. The van der Waals surface area contributed by atoms with Gasteiger partial charge in [0.15, 0.2) is 0 Å². The Bertz CT molecular complexity index is 1020. The molecule has 6 nitrogen and oxygen atoms in total. The zero-order valence-electron chi connectivity index (χ0n) is 16.4. The van der Waals surface area contributed by atoms with Gasteiger partial charge in [-0.1, -0.05) is 24.3 Å². The van der Waals surface area contributed by atoms with Gasteiger partial charge in [0.1, 0.15) is 5.76 Å². The summed E-state index contributed by atoms with van der Waals surface area (Å²) in [5, 5.41) is 2.86. The summed E-state index contributed by atoms with van der Waals surface area (Å²) >= 11 is 0. The second-order valence-electron chi connectivity index (χ2n) is 7.19. The van der Waals surface area contributed by atoms with E-state index >= 15 is 0 Å². The maximum absolute atomic E-state index is 12.5. The van der Waals surface area contributed by atoms with Crippen molar-refractivity contribution in [3.63, 3.8) is 0 Å². The number of carbonyl (C=O) groups is 2. The Labute approximate surface area is 169 Å². The molecule has 0 bridgehead atoms. The van der Waals surface area contributed by atoms with Crippen LogP contribution in [0.15, 0.2) is 59.0 Å². The zero-order valence-corrected chi connectivity index (χ0v) is 16.4. The number of rotatable bonds is 5. The van der Waals surface area contributed by atoms with E-state index < -0.39 is 0 Å². The van der Waals surface area contributed by atoms with E-state index in [1.54, 1.807) is 31.2 Å². The van der Waals surface area contributed by atoms with Gasteiger partial charge in [-0.15, -0.1) is 0 Å². The molecule has 4 rings (SSSR count). The first-order valence-corrected chi connectivity index (χ1v) is 9.81. The van der Waals surface area contributed by atoms with Gasteiger partial charge in [-0.05, 0) is 50.1 Å². The molecular weight excluding hydrogens is 366 g/mol. The number of aryl methyl sites for hydroxylation is 1. The van der Waals surface area contributed by atoms with Crippen LogP contribution in [0.1, 0.15) is 34.7 Å². The van der Waals surface area contributed by atoms with Gasteiger partial charge in [-0.3, -0.25) is 9.59 Å². The highest BCUT2D eigenvalue weighted by Crippen LogP contribution is 2.22. The Kier molecular flexibility index (Phi) is 5.42. The third kappa shape index (κ3) is 4.37. The normalized spacial score (nSPS) is 13.5. The van der Waals surface area contributed by atoms with E-state index in [2.05, 4.69) is 10.3 Å². The maximum Gasteiger partial charge on any atom is 0.253 e. The number of oxazole rings is 1. The molecule has 1 aromatic heterocycles. The average molecular weight is 389 g/mol. The minimum atomic E-state index is -0.202. The summed E-state index contributed by atoms with van der Waals surface area (Å²) in [6.45, 7) is 3.40. The molecule has 0 spiro atoms. The van der Waals surface area contributed by atoms with E-state index in [1.807, 2.05) is 35.2 Å². The second kappa shape index (κ2) is 8.31.